The Morgan fingerprint density at radius 2 is 2.14 bits per heavy atom. The Hall–Kier alpha value is -2.98. The standard InChI is InChI=1S/C18H17ClN6O3S/c1-9-21-14-13(29-9)3-2-11(23-16(26)12-4-6-20-17(19)24-12)15(14)25-7-5-10(8-25)22-18(27)28/h2-4,6,10,22H,5,7-8H2,1H3,(H,23,26)(H,27,28)/t10-/m1/s1. The van der Waals surface area contributed by atoms with Crippen molar-refractivity contribution in [2.45, 2.75) is 19.4 Å². The summed E-state index contributed by atoms with van der Waals surface area (Å²) in [7, 11) is 0. The van der Waals surface area contributed by atoms with Crippen LogP contribution in [-0.4, -0.2) is 51.2 Å². The summed E-state index contributed by atoms with van der Waals surface area (Å²) in [6, 6.07) is 5.03. The molecule has 2 aromatic heterocycles. The molecular weight excluding hydrogens is 416 g/mol. The second kappa shape index (κ2) is 7.80. The molecule has 1 atom stereocenters. The molecule has 29 heavy (non-hydrogen) atoms. The zero-order chi connectivity index (χ0) is 20.5. The molecule has 1 aromatic carbocycles. The minimum atomic E-state index is -1.05. The molecule has 1 saturated heterocycles. The van der Waals surface area contributed by atoms with Crippen molar-refractivity contribution in [1.82, 2.24) is 20.3 Å². The highest BCUT2D eigenvalue weighted by molar-refractivity contribution is 7.18. The summed E-state index contributed by atoms with van der Waals surface area (Å²) in [5.41, 5.74) is 2.29. The summed E-state index contributed by atoms with van der Waals surface area (Å²) in [4.78, 5) is 38.1. The lowest BCUT2D eigenvalue weighted by Gasteiger charge is -2.23. The number of benzene rings is 1. The molecule has 3 N–H and O–H groups in total. The monoisotopic (exact) mass is 432 g/mol. The molecule has 9 nitrogen and oxygen atoms in total. The van der Waals surface area contributed by atoms with E-state index in [4.69, 9.17) is 16.7 Å². The van der Waals surface area contributed by atoms with Crippen molar-refractivity contribution < 1.29 is 14.7 Å². The molecule has 0 saturated carbocycles. The van der Waals surface area contributed by atoms with Gasteiger partial charge < -0.3 is 20.6 Å². The maximum Gasteiger partial charge on any atom is 0.404 e. The van der Waals surface area contributed by atoms with Crippen molar-refractivity contribution in [3.8, 4) is 0 Å². The van der Waals surface area contributed by atoms with Crippen molar-refractivity contribution in [2.24, 2.45) is 0 Å². The summed E-state index contributed by atoms with van der Waals surface area (Å²) in [5, 5.41) is 15.3. The van der Waals surface area contributed by atoms with Crippen LogP contribution in [0.1, 0.15) is 21.9 Å². The van der Waals surface area contributed by atoms with Crippen molar-refractivity contribution in [2.75, 3.05) is 23.3 Å². The zero-order valence-electron chi connectivity index (χ0n) is 15.3. The van der Waals surface area contributed by atoms with Crippen LogP contribution in [0.3, 0.4) is 0 Å². The minimum Gasteiger partial charge on any atom is -0.465 e. The van der Waals surface area contributed by atoms with E-state index in [1.165, 1.54) is 12.3 Å². The van der Waals surface area contributed by atoms with Gasteiger partial charge in [0.15, 0.2) is 0 Å². The molecule has 0 spiro atoms. The van der Waals surface area contributed by atoms with E-state index in [1.807, 2.05) is 24.0 Å². The number of nitrogens with one attached hydrogen (secondary N) is 2. The number of aryl methyl sites for hydroxylation is 1. The number of amides is 2. The molecular formula is C18H17ClN6O3S. The molecule has 1 aliphatic rings. The second-order valence-corrected chi connectivity index (χ2v) is 8.16. The van der Waals surface area contributed by atoms with Crippen molar-refractivity contribution in [3.63, 3.8) is 0 Å². The molecule has 2 amide bonds. The summed E-state index contributed by atoms with van der Waals surface area (Å²) in [6.45, 7) is 3.06. The number of carboxylic acid groups (broad SMARTS) is 1. The highest BCUT2D eigenvalue weighted by Gasteiger charge is 2.28. The number of fused-ring (bicyclic) bond motifs is 1. The third kappa shape index (κ3) is 4.08. The third-order valence-corrected chi connectivity index (χ3v) is 5.70. The SMILES string of the molecule is Cc1nc2c(N3CC[C@@H](NC(=O)O)C3)c(NC(=O)c3ccnc(Cl)n3)ccc2s1. The van der Waals surface area contributed by atoms with Crippen LogP contribution < -0.4 is 15.5 Å². The maximum absolute atomic E-state index is 12.7. The molecule has 1 aliphatic heterocycles. The highest BCUT2D eigenvalue weighted by atomic mass is 35.5. The Morgan fingerprint density at radius 3 is 2.90 bits per heavy atom. The van der Waals surface area contributed by atoms with Crippen LogP contribution in [-0.2, 0) is 0 Å². The summed E-state index contributed by atoms with van der Waals surface area (Å²) >= 11 is 7.36. The molecule has 11 heteroatoms. The molecule has 3 aromatic rings. The van der Waals surface area contributed by atoms with E-state index in [9.17, 15) is 9.59 Å². The van der Waals surface area contributed by atoms with Gasteiger partial charge in [0, 0.05) is 19.3 Å². The number of rotatable bonds is 4. The van der Waals surface area contributed by atoms with Crippen LogP contribution in [0.15, 0.2) is 24.4 Å². The van der Waals surface area contributed by atoms with Gasteiger partial charge in [-0.15, -0.1) is 11.3 Å². The molecule has 4 rings (SSSR count). The van der Waals surface area contributed by atoms with E-state index in [-0.39, 0.29) is 17.0 Å². The number of anilines is 2. The molecule has 0 aliphatic carbocycles. The summed E-state index contributed by atoms with van der Waals surface area (Å²) in [6.07, 6.45) is 1.04. The highest BCUT2D eigenvalue weighted by Crippen LogP contribution is 2.38. The van der Waals surface area contributed by atoms with E-state index < -0.39 is 12.0 Å². The first-order valence-electron chi connectivity index (χ1n) is 8.85. The largest absolute Gasteiger partial charge is 0.465 e. The van der Waals surface area contributed by atoms with E-state index >= 15 is 0 Å². The molecule has 3 heterocycles. The number of aromatic nitrogens is 3. The van der Waals surface area contributed by atoms with E-state index in [0.717, 1.165) is 20.9 Å². The number of hydrogen-bond donors (Lipinski definition) is 3. The maximum atomic E-state index is 12.7. The lowest BCUT2D eigenvalue weighted by Crippen LogP contribution is -2.36. The van der Waals surface area contributed by atoms with Gasteiger partial charge in [-0.25, -0.2) is 19.7 Å². The van der Waals surface area contributed by atoms with E-state index in [0.29, 0.717) is 25.2 Å². The summed E-state index contributed by atoms with van der Waals surface area (Å²) < 4.78 is 0.996. The first-order valence-corrected chi connectivity index (χ1v) is 10.0. The van der Waals surface area contributed by atoms with Crippen LogP contribution in [0, 0.1) is 6.92 Å². The fraction of sp³-hybridized carbons (Fsp3) is 0.278. The summed E-state index contributed by atoms with van der Waals surface area (Å²) in [5.74, 6) is -0.416. The fourth-order valence-electron chi connectivity index (χ4n) is 3.42. The normalized spacial score (nSPS) is 16.2. The van der Waals surface area contributed by atoms with Gasteiger partial charge in [0.05, 0.1) is 27.1 Å². The van der Waals surface area contributed by atoms with Gasteiger partial charge in [0.2, 0.25) is 5.28 Å². The van der Waals surface area contributed by atoms with Gasteiger partial charge in [-0.1, -0.05) is 0 Å². The number of thiazole rings is 1. The second-order valence-electron chi connectivity index (χ2n) is 6.59. The van der Waals surface area contributed by atoms with Gasteiger partial charge in [0.1, 0.15) is 11.2 Å². The number of halogens is 1. The molecule has 1 fully saturated rings. The average Bonchev–Trinajstić information content (AvgIpc) is 3.26. The average molecular weight is 433 g/mol. The van der Waals surface area contributed by atoms with Gasteiger partial charge in [-0.3, -0.25) is 4.79 Å². The van der Waals surface area contributed by atoms with Crippen LogP contribution in [0.5, 0.6) is 0 Å². The quantitative estimate of drug-likeness (QED) is 0.541. The fourth-order valence-corrected chi connectivity index (χ4v) is 4.39. The van der Waals surface area contributed by atoms with Crippen LogP contribution in [0.25, 0.3) is 10.2 Å². The Balaban J connectivity index is 1.69. The van der Waals surface area contributed by atoms with E-state index in [1.54, 1.807) is 11.3 Å². The van der Waals surface area contributed by atoms with Gasteiger partial charge in [0.25, 0.3) is 5.91 Å². The Morgan fingerprint density at radius 1 is 1.31 bits per heavy atom. The first kappa shape index (κ1) is 19.3. The smallest absolute Gasteiger partial charge is 0.404 e. The van der Waals surface area contributed by atoms with Crippen LogP contribution in [0.4, 0.5) is 16.2 Å². The first-order chi connectivity index (χ1) is 13.9. The van der Waals surface area contributed by atoms with Gasteiger partial charge in [-0.05, 0) is 43.1 Å². The predicted molar refractivity (Wildman–Crippen MR) is 111 cm³/mol. The lowest BCUT2D eigenvalue weighted by atomic mass is 10.2. The molecule has 0 bridgehead atoms. The van der Waals surface area contributed by atoms with E-state index in [2.05, 4.69) is 25.6 Å². The van der Waals surface area contributed by atoms with Crippen LogP contribution in [0.2, 0.25) is 5.28 Å². The number of hydrogen-bond acceptors (Lipinski definition) is 7. The lowest BCUT2D eigenvalue weighted by molar-refractivity contribution is 0.102. The van der Waals surface area contributed by atoms with Gasteiger partial charge in [-0.2, -0.15) is 0 Å². The van der Waals surface area contributed by atoms with Crippen LogP contribution >= 0.6 is 22.9 Å². The Labute approximate surface area is 174 Å². The Bertz CT molecular complexity index is 1100. The number of carbonyl (C=O) groups excluding carboxylic acids is 1. The number of carbonyl (C=O) groups is 2. The molecule has 0 unspecified atom stereocenters. The molecule has 0 radical (unpaired) electrons. The van der Waals surface area contributed by atoms with Gasteiger partial charge >= 0.3 is 6.09 Å². The third-order valence-electron chi connectivity index (χ3n) is 4.58. The zero-order valence-corrected chi connectivity index (χ0v) is 16.9. The number of nitrogens with zero attached hydrogens (tertiary/aromatic N) is 4. The topological polar surface area (TPSA) is 120 Å². The van der Waals surface area contributed by atoms with Crippen molar-refractivity contribution >= 4 is 56.5 Å². The van der Waals surface area contributed by atoms with Crippen molar-refractivity contribution in [1.29, 1.82) is 0 Å². The Kier molecular flexibility index (Phi) is 5.20. The molecule has 150 valence electrons. The minimum absolute atomic E-state index is 0.00872. The van der Waals surface area contributed by atoms with Crippen molar-refractivity contribution in [3.05, 3.63) is 40.4 Å². The predicted octanol–water partition coefficient (Wildman–Crippen LogP) is 3.15.